The predicted molar refractivity (Wildman–Crippen MR) is 140 cm³/mol. The zero-order chi connectivity index (χ0) is 24.2. The number of morpholine rings is 1. The molecule has 1 aliphatic rings. The largest absolute Gasteiger partial charge is 0.379 e. The minimum absolute atomic E-state index is 0.228. The molecule has 0 atom stereocenters. The lowest BCUT2D eigenvalue weighted by atomic mass is 10.1. The number of hydrazone groups is 1. The summed E-state index contributed by atoms with van der Waals surface area (Å²) in [5.41, 5.74) is 11.1. The lowest BCUT2D eigenvalue weighted by Gasteiger charge is -2.26. The summed E-state index contributed by atoms with van der Waals surface area (Å²) in [7, 11) is 0. The number of carbonyl (C=O) groups is 1. The highest BCUT2D eigenvalue weighted by Crippen LogP contribution is 2.32. The van der Waals surface area contributed by atoms with Crippen LogP contribution in [0.5, 0.6) is 0 Å². The summed E-state index contributed by atoms with van der Waals surface area (Å²) in [6, 6.07) is 14.0. The van der Waals surface area contributed by atoms with Gasteiger partial charge in [0.15, 0.2) is 0 Å². The van der Waals surface area contributed by atoms with Crippen molar-refractivity contribution in [2.45, 2.75) is 34.2 Å². The zero-order valence-corrected chi connectivity index (χ0v) is 21.8. The normalized spacial score (nSPS) is 14.6. The summed E-state index contributed by atoms with van der Waals surface area (Å²) in [6.45, 7) is 12.7. The molecule has 0 bridgehead atoms. The Bertz CT molecular complexity index is 1190. The highest BCUT2D eigenvalue weighted by molar-refractivity contribution is 9.10. The van der Waals surface area contributed by atoms with E-state index in [4.69, 9.17) is 4.74 Å². The number of nitrogens with zero attached hydrogens (tertiary/aromatic N) is 3. The van der Waals surface area contributed by atoms with Crippen LogP contribution in [0.4, 0.5) is 0 Å². The summed E-state index contributed by atoms with van der Waals surface area (Å²) in [6.07, 6.45) is 1.71. The maximum absolute atomic E-state index is 12.6. The average molecular weight is 523 g/mol. The molecule has 1 N–H and O–H groups in total. The average Bonchev–Trinajstić information content (AvgIpc) is 3.03. The van der Waals surface area contributed by atoms with Crippen molar-refractivity contribution in [2.24, 2.45) is 5.10 Å². The number of benzene rings is 2. The van der Waals surface area contributed by atoms with Crippen LogP contribution < -0.4 is 5.43 Å². The monoisotopic (exact) mass is 522 g/mol. The molecule has 7 heteroatoms. The van der Waals surface area contributed by atoms with E-state index in [0.717, 1.165) is 54.3 Å². The van der Waals surface area contributed by atoms with Crippen molar-refractivity contribution in [3.63, 3.8) is 0 Å². The molecule has 0 aliphatic carbocycles. The Morgan fingerprint density at radius 3 is 2.32 bits per heavy atom. The lowest BCUT2D eigenvalue weighted by molar-refractivity contribution is 0.0342. The second-order valence-electron chi connectivity index (χ2n) is 8.76. The molecule has 1 aliphatic heterocycles. The van der Waals surface area contributed by atoms with Gasteiger partial charge in [0.1, 0.15) is 0 Å². The standard InChI is InChI=1S/C27H31BrN4O2/c1-18-6-5-7-19(2)26(18)32-20(3)24(25(28)21(32)4)16-29-30-27(33)23-10-8-22(9-11-23)17-31-12-14-34-15-13-31/h5-11,16H,12-15,17H2,1-4H3,(H,30,33). The fourth-order valence-electron chi connectivity index (χ4n) is 4.47. The van der Waals surface area contributed by atoms with Crippen molar-refractivity contribution in [3.8, 4) is 5.69 Å². The van der Waals surface area contributed by atoms with Crippen molar-refractivity contribution in [1.82, 2.24) is 14.9 Å². The molecule has 4 rings (SSSR count). The highest BCUT2D eigenvalue weighted by atomic mass is 79.9. The number of halogens is 1. The number of para-hydroxylation sites is 1. The van der Waals surface area contributed by atoms with Gasteiger partial charge in [-0.25, -0.2) is 5.43 Å². The smallest absolute Gasteiger partial charge is 0.271 e. The molecule has 1 saturated heterocycles. The summed E-state index contributed by atoms with van der Waals surface area (Å²) in [4.78, 5) is 15.0. The van der Waals surface area contributed by atoms with Crippen LogP contribution >= 0.6 is 15.9 Å². The Morgan fingerprint density at radius 2 is 1.68 bits per heavy atom. The zero-order valence-electron chi connectivity index (χ0n) is 20.2. The summed E-state index contributed by atoms with van der Waals surface area (Å²) >= 11 is 3.72. The van der Waals surface area contributed by atoms with Gasteiger partial charge in [-0.2, -0.15) is 5.10 Å². The van der Waals surface area contributed by atoms with Gasteiger partial charge in [0.25, 0.3) is 5.91 Å². The molecule has 0 spiro atoms. The minimum atomic E-state index is -0.228. The van der Waals surface area contributed by atoms with Crippen molar-refractivity contribution >= 4 is 28.1 Å². The van der Waals surface area contributed by atoms with Crippen LogP contribution in [0.15, 0.2) is 52.0 Å². The molecule has 34 heavy (non-hydrogen) atoms. The van der Waals surface area contributed by atoms with E-state index in [9.17, 15) is 4.79 Å². The van der Waals surface area contributed by atoms with E-state index in [1.165, 1.54) is 22.4 Å². The van der Waals surface area contributed by atoms with E-state index in [-0.39, 0.29) is 5.91 Å². The second-order valence-corrected chi connectivity index (χ2v) is 9.55. The van der Waals surface area contributed by atoms with E-state index in [0.29, 0.717) is 5.56 Å². The fourth-order valence-corrected chi connectivity index (χ4v) is 5.03. The number of nitrogens with one attached hydrogen (secondary N) is 1. The number of hydrogen-bond donors (Lipinski definition) is 1. The molecule has 178 valence electrons. The van der Waals surface area contributed by atoms with Crippen molar-refractivity contribution in [3.05, 3.63) is 86.1 Å². The summed E-state index contributed by atoms with van der Waals surface area (Å²) in [5.74, 6) is -0.228. The molecule has 0 unspecified atom stereocenters. The third-order valence-corrected chi connectivity index (χ3v) is 7.36. The van der Waals surface area contributed by atoms with Gasteiger partial charge in [0, 0.05) is 46.6 Å². The molecule has 0 saturated carbocycles. The van der Waals surface area contributed by atoms with Crippen LogP contribution in [0.1, 0.15) is 44.0 Å². The Kier molecular flexibility index (Phi) is 7.66. The fraction of sp³-hybridized carbons (Fsp3) is 0.333. The van der Waals surface area contributed by atoms with Crippen molar-refractivity contribution in [2.75, 3.05) is 26.3 Å². The molecule has 2 aromatic carbocycles. The second kappa shape index (κ2) is 10.7. The highest BCUT2D eigenvalue weighted by Gasteiger charge is 2.18. The van der Waals surface area contributed by atoms with Gasteiger partial charge in [-0.1, -0.05) is 30.3 Å². The Labute approximate surface area is 209 Å². The van der Waals surface area contributed by atoms with Crippen LogP contribution in [0.3, 0.4) is 0 Å². The van der Waals surface area contributed by atoms with E-state index in [1.54, 1.807) is 6.21 Å². The SMILES string of the molecule is Cc1cccc(C)c1-n1c(C)c(Br)c(C=NNC(=O)c2ccc(CN3CCOCC3)cc2)c1C. The molecular formula is C27H31BrN4O2. The third-order valence-electron chi connectivity index (χ3n) is 6.36. The molecule has 6 nitrogen and oxygen atoms in total. The Hall–Kier alpha value is -2.74. The number of rotatable bonds is 6. The van der Waals surface area contributed by atoms with E-state index in [2.05, 4.69) is 81.8 Å². The van der Waals surface area contributed by atoms with Crippen LogP contribution in [-0.4, -0.2) is 47.9 Å². The van der Waals surface area contributed by atoms with Gasteiger partial charge < -0.3 is 9.30 Å². The van der Waals surface area contributed by atoms with Gasteiger partial charge >= 0.3 is 0 Å². The first kappa shape index (κ1) is 24.4. The first-order valence-corrected chi connectivity index (χ1v) is 12.3. The number of amides is 1. The molecule has 1 aromatic heterocycles. The van der Waals surface area contributed by atoms with Crippen LogP contribution in [-0.2, 0) is 11.3 Å². The molecule has 1 amide bonds. The van der Waals surface area contributed by atoms with Crippen LogP contribution in [0, 0.1) is 27.7 Å². The Morgan fingerprint density at radius 1 is 1.03 bits per heavy atom. The van der Waals surface area contributed by atoms with E-state index >= 15 is 0 Å². The number of carbonyl (C=O) groups excluding carboxylic acids is 1. The molecular weight excluding hydrogens is 492 g/mol. The number of aromatic nitrogens is 1. The van der Waals surface area contributed by atoms with Crippen molar-refractivity contribution < 1.29 is 9.53 Å². The number of aryl methyl sites for hydroxylation is 2. The Balaban J connectivity index is 1.46. The maximum atomic E-state index is 12.6. The first-order valence-electron chi connectivity index (χ1n) is 11.5. The van der Waals surface area contributed by atoms with Gasteiger partial charge in [-0.15, -0.1) is 0 Å². The topological polar surface area (TPSA) is 58.9 Å². The quantitative estimate of drug-likeness (QED) is 0.363. The first-order chi connectivity index (χ1) is 16.4. The predicted octanol–water partition coefficient (Wildman–Crippen LogP) is 5.07. The van der Waals surface area contributed by atoms with Crippen LogP contribution in [0.25, 0.3) is 5.69 Å². The van der Waals surface area contributed by atoms with Crippen LogP contribution in [0.2, 0.25) is 0 Å². The van der Waals surface area contributed by atoms with E-state index < -0.39 is 0 Å². The number of ether oxygens (including phenoxy) is 1. The summed E-state index contributed by atoms with van der Waals surface area (Å²) in [5, 5.41) is 4.26. The third kappa shape index (κ3) is 5.17. The molecule has 3 aromatic rings. The minimum Gasteiger partial charge on any atom is -0.379 e. The van der Waals surface area contributed by atoms with Gasteiger partial charge in [-0.3, -0.25) is 9.69 Å². The maximum Gasteiger partial charge on any atom is 0.271 e. The van der Waals surface area contributed by atoms with Gasteiger partial charge in [0.05, 0.1) is 25.1 Å². The summed E-state index contributed by atoms with van der Waals surface area (Å²) < 4.78 is 8.61. The van der Waals surface area contributed by atoms with Gasteiger partial charge in [0.2, 0.25) is 0 Å². The van der Waals surface area contributed by atoms with E-state index in [1.807, 2.05) is 24.3 Å². The molecule has 0 radical (unpaired) electrons. The lowest BCUT2D eigenvalue weighted by Crippen LogP contribution is -2.35. The molecule has 1 fully saturated rings. The van der Waals surface area contributed by atoms with Gasteiger partial charge in [-0.05, 0) is 72.4 Å². The molecule has 2 heterocycles. The number of hydrogen-bond acceptors (Lipinski definition) is 4. The van der Waals surface area contributed by atoms with Crippen molar-refractivity contribution in [1.29, 1.82) is 0 Å².